The number of fused-ring (bicyclic) bond motifs is 1. The standard InChI is InChI=1S/C19H20OSi/c1-21(2,18-12-6-4-9-16(18)14-20)19-13-7-10-15-8-3-5-11-17(15)19/h3-13,20H,14H2,1-2H3. The summed E-state index contributed by atoms with van der Waals surface area (Å²) in [5.41, 5.74) is 1.06. The van der Waals surface area contributed by atoms with Gasteiger partial charge in [-0.3, -0.25) is 0 Å². The zero-order chi connectivity index (χ0) is 14.9. The molecule has 0 atom stereocenters. The molecule has 0 fully saturated rings. The van der Waals surface area contributed by atoms with Crippen LogP contribution in [0.4, 0.5) is 0 Å². The summed E-state index contributed by atoms with van der Waals surface area (Å²) < 4.78 is 0. The van der Waals surface area contributed by atoms with Crippen molar-refractivity contribution >= 4 is 29.2 Å². The molecule has 0 saturated heterocycles. The van der Waals surface area contributed by atoms with Crippen LogP contribution in [0.2, 0.25) is 13.1 Å². The summed E-state index contributed by atoms with van der Waals surface area (Å²) in [6, 6.07) is 23.4. The van der Waals surface area contributed by atoms with Gasteiger partial charge in [-0.25, -0.2) is 0 Å². The Hall–Kier alpha value is -1.90. The van der Waals surface area contributed by atoms with Crippen LogP contribution in [0.1, 0.15) is 5.56 Å². The quantitative estimate of drug-likeness (QED) is 0.735. The molecular formula is C19H20OSi. The molecule has 0 heterocycles. The second-order valence-corrected chi connectivity index (χ2v) is 10.3. The van der Waals surface area contributed by atoms with E-state index in [0.717, 1.165) is 5.56 Å². The van der Waals surface area contributed by atoms with E-state index in [-0.39, 0.29) is 6.61 Å². The summed E-state index contributed by atoms with van der Waals surface area (Å²) in [7, 11) is -1.85. The van der Waals surface area contributed by atoms with E-state index in [0.29, 0.717) is 0 Å². The SMILES string of the molecule is C[Si](C)(c1ccccc1CO)c1cccc2ccccc12. The van der Waals surface area contributed by atoms with Crippen molar-refractivity contribution in [2.24, 2.45) is 0 Å². The van der Waals surface area contributed by atoms with Crippen molar-refractivity contribution in [2.45, 2.75) is 19.7 Å². The second-order valence-electron chi connectivity index (χ2n) is 5.97. The lowest BCUT2D eigenvalue weighted by atomic mass is 10.1. The molecule has 21 heavy (non-hydrogen) atoms. The fourth-order valence-corrected chi connectivity index (χ4v) is 6.37. The van der Waals surface area contributed by atoms with Crippen LogP contribution in [0.15, 0.2) is 66.7 Å². The summed E-state index contributed by atoms with van der Waals surface area (Å²) in [5, 5.41) is 15.0. The smallest absolute Gasteiger partial charge is 0.113 e. The number of aliphatic hydroxyl groups is 1. The predicted molar refractivity (Wildman–Crippen MR) is 93.1 cm³/mol. The zero-order valence-electron chi connectivity index (χ0n) is 12.5. The predicted octanol–water partition coefficient (Wildman–Crippen LogP) is 3.15. The molecule has 0 amide bonds. The maximum Gasteiger partial charge on any atom is 0.113 e. The van der Waals surface area contributed by atoms with Gasteiger partial charge in [0.1, 0.15) is 8.07 Å². The normalized spacial score (nSPS) is 11.8. The number of benzene rings is 3. The van der Waals surface area contributed by atoms with Crippen molar-refractivity contribution in [3.05, 3.63) is 72.3 Å². The lowest BCUT2D eigenvalue weighted by Gasteiger charge is -2.27. The first-order valence-electron chi connectivity index (χ1n) is 7.32. The van der Waals surface area contributed by atoms with Gasteiger partial charge in [0.05, 0.1) is 6.61 Å². The third-order valence-electron chi connectivity index (χ3n) is 4.32. The van der Waals surface area contributed by atoms with E-state index in [1.807, 2.05) is 12.1 Å². The van der Waals surface area contributed by atoms with E-state index in [9.17, 15) is 5.11 Å². The summed E-state index contributed by atoms with van der Waals surface area (Å²) in [6.45, 7) is 4.84. The maximum absolute atomic E-state index is 9.66. The van der Waals surface area contributed by atoms with Gasteiger partial charge in [0.15, 0.2) is 0 Å². The van der Waals surface area contributed by atoms with Crippen molar-refractivity contribution < 1.29 is 5.11 Å². The lowest BCUT2D eigenvalue weighted by Crippen LogP contribution is -2.54. The van der Waals surface area contributed by atoms with E-state index < -0.39 is 8.07 Å². The van der Waals surface area contributed by atoms with Crippen molar-refractivity contribution in [1.82, 2.24) is 0 Å². The minimum absolute atomic E-state index is 0.109. The van der Waals surface area contributed by atoms with Crippen LogP contribution in [0.3, 0.4) is 0 Å². The first-order chi connectivity index (χ1) is 10.1. The average molecular weight is 292 g/mol. The molecule has 0 unspecified atom stereocenters. The number of hydrogen-bond donors (Lipinski definition) is 1. The Kier molecular flexibility index (Phi) is 3.66. The van der Waals surface area contributed by atoms with Crippen molar-refractivity contribution in [1.29, 1.82) is 0 Å². The molecule has 0 aliphatic rings. The Morgan fingerprint density at radius 3 is 2.19 bits per heavy atom. The van der Waals surface area contributed by atoms with Crippen LogP contribution >= 0.6 is 0 Å². The highest BCUT2D eigenvalue weighted by Gasteiger charge is 2.29. The summed E-state index contributed by atoms with van der Waals surface area (Å²) >= 11 is 0. The minimum atomic E-state index is -1.85. The molecular weight excluding hydrogens is 272 g/mol. The molecule has 106 valence electrons. The van der Waals surface area contributed by atoms with E-state index >= 15 is 0 Å². The third-order valence-corrected chi connectivity index (χ3v) is 7.94. The fraction of sp³-hybridized carbons (Fsp3) is 0.158. The molecule has 1 N–H and O–H groups in total. The molecule has 2 heteroatoms. The largest absolute Gasteiger partial charge is 0.392 e. The van der Waals surface area contributed by atoms with Gasteiger partial charge in [0.2, 0.25) is 0 Å². The molecule has 0 saturated carbocycles. The van der Waals surface area contributed by atoms with Gasteiger partial charge in [-0.05, 0) is 26.7 Å². The molecule has 0 aliphatic heterocycles. The maximum atomic E-state index is 9.66. The van der Waals surface area contributed by atoms with Crippen molar-refractivity contribution in [3.8, 4) is 0 Å². The minimum Gasteiger partial charge on any atom is -0.392 e. The van der Waals surface area contributed by atoms with Crippen LogP contribution in [0.5, 0.6) is 0 Å². The van der Waals surface area contributed by atoms with E-state index in [2.05, 4.69) is 67.7 Å². The molecule has 0 spiro atoms. The average Bonchev–Trinajstić information content (AvgIpc) is 2.54. The molecule has 3 aromatic carbocycles. The molecule has 0 aromatic heterocycles. The Balaban J connectivity index is 2.25. The van der Waals surface area contributed by atoms with Gasteiger partial charge in [-0.15, -0.1) is 0 Å². The second kappa shape index (κ2) is 5.47. The summed E-state index contributed by atoms with van der Waals surface area (Å²) in [4.78, 5) is 0. The van der Waals surface area contributed by atoms with Gasteiger partial charge in [0.25, 0.3) is 0 Å². The highest BCUT2D eigenvalue weighted by molar-refractivity contribution is 7.02. The Morgan fingerprint density at radius 2 is 1.38 bits per heavy atom. The summed E-state index contributed by atoms with van der Waals surface area (Å²) in [5.74, 6) is 0. The highest BCUT2D eigenvalue weighted by atomic mass is 28.3. The van der Waals surface area contributed by atoms with E-state index in [1.165, 1.54) is 21.1 Å². The molecule has 3 aromatic rings. The van der Waals surface area contributed by atoms with Gasteiger partial charge in [0, 0.05) is 0 Å². The van der Waals surface area contributed by atoms with Crippen molar-refractivity contribution in [3.63, 3.8) is 0 Å². The van der Waals surface area contributed by atoms with Crippen LogP contribution in [0, 0.1) is 0 Å². The first-order valence-corrected chi connectivity index (χ1v) is 10.3. The third kappa shape index (κ3) is 2.41. The number of hydrogen-bond acceptors (Lipinski definition) is 1. The molecule has 3 rings (SSSR count). The molecule has 0 aliphatic carbocycles. The highest BCUT2D eigenvalue weighted by Crippen LogP contribution is 2.17. The Morgan fingerprint density at radius 1 is 0.762 bits per heavy atom. The number of aliphatic hydroxyl groups excluding tert-OH is 1. The topological polar surface area (TPSA) is 20.2 Å². The van der Waals surface area contributed by atoms with Crippen LogP contribution in [-0.2, 0) is 6.61 Å². The summed E-state index contributed by atoms with van der Waals surface area (Å²) in [6.07, 6.45) is 0. The van der Waals surface area contributed by atoms with Crippen LogP contribution in [0.25, 0.3) is 10.8 Å². The van der Waals surface area contributed by atoms with Gasteiger partial charge >= 0.3 is 0 Å². The van der Waals surface area contributed by atoms with Gasteiger partial charge in [-0.2, -0.15) is 0 Å². The number of rotatable bonds is 3. The Bertz CT molecular complexity index is 772. The Labute approximate surface area is 126 Å². The fourth-order valence-electron chi connectivity index (χ4n) is 3.18. The van der Waals surface area contributed by atoms with Crippen LogP contribution < -0.4 is 10.4 Å². The lowest BCUT2D eigenvalue weighted by molar-refractivity contribution is 0.283. The molecule has 0 radical (unpaired) electrons. The molecule has 0 bridgehead atoms. The van der Waals surface area contributed by atoms with Crippen molar-refractivity contribution in [2.75, 3.05) is 0 Å². The molecule has 1 nitrogen and oxygen atoms in total. The van der Waals surface area contributed by atoms with Crippen LogP contribution in [-0.4, -0.2) is 13.2 Å². The monoisotopic (exact) mass is 292 g/mol. The van der Waals surface area contributed by atoms with Gasteiger partial charge in [-0.1, -0.05) is 79.8 Å². The first kappa shape index (κ1) is 14.1. The zero-order valence-corrected chi connectivity index (χ0v) is 13.5. The van der Waals surface area contributed by atoms with Gasteiger partial charge < -0.3 is 5.11 Å². The van der Waals surface area contributed by atoms with E-state index in [4.69, 9.17) is 0 Å². The van der Waals surface area contributed by atoms with E-state index in [1.54, 1.807) is 0 Å².